The topological polar surface area (TPSA) is 66.5 Å². The van der Waals surface area contributed by atoms with Crippen LogP contribution in [-0.2, 0) is 9.59 Å². The third-order valence-electron chi connectivity index (χ3n) is 6.21. The van der Waals surface area contributed by atoms with E-state index in [1.165, 1.54) is 4.90 Å². The Bertz CT molecular complexity index is 751. The lowest BCUT2D eigenvalue weighted by Gasteiger charge is -2.47. The molecule has 1 aromatic carbocycles. The summed E-state index contributed by atoms with van der Waals surface area (Å²) in [6.07, 6.45) is 3.08. The molecule has 0 spiro atoms. The molecule has 132 valence electrons. The molecule has 3 rings (SSSR count). The minimum atomic E-state index is -0.536. The predicted molar refractivity (Wildman–Crippen MR) is 96.1 cm³/mol. The highest BCUT2D eigenvalue weighted by molar-refractivity contribution is 6.20. The van der Waals surface area contributed by atoms with E-state index in [-0.39, 0.29) is 29.1 Å². The molecule has 3 amide bonds. The van der Waals surface area contributed by atoms with Gasteiger partial charge in [0.1, 0.15) is 0 Å². The molecule has 0 radical (unpaired) electrons. The lowest BCUT2D eigenvalue weighted by atomic mass is 9.62. The molecule has 0 unspecified atom stereocenters. The number of benzene rings is 1. The minimum absolute atomic E-state index is 0.131. The molecule has 1 N–H and O–H groups in total. The van der Waals surface area contributed by atoms with Crippen LogP contribution in [0.25, 0.3) is 0 Å². The van der Waals surface area contributed by atoms with Crippen molar-refractivity contribution in [2.45, 2.75) is 33.6 Å². The Kier molecular flexibility index (Phi) is 4.06. The summed E-state index contributed by atoms with van der Waals surface area (Å²) >= 11 is 0. The molecule has 5 heteroatoms. The van der Waals surface area contributed by atoms with Gasteiger partial charge in [-0.15, -0.1) is 6.58 Å². The molecule has 1 saturated heterocycles. The number of hydrogen-bond acceptors (Lipinski definition) is 3. The summed E-state index contributed by atoms with van der Waals surface area (Å²) in [5.41, 5.74) is 0.147. The zero-order valence-electron chi connectivity index (χ0n) is 15.0. The van der Waals surface area contributed by atoms with Crippen LogP contribution in [0.15, 0.2) is 36.9 Å². The summed E-state index contributed by atoms with van der Waals surface area (Å²) in [7, 11) is 0. The van der Waals surface area contributed by atoms with Crippen LogP contribution in [0.4, 0.5) is 5.69 Å². The van der Waals surface area contributed by atoms with Crippen molar-refractivity contribution >= 4 is 23.4 Å². The highest BCUT2D eigenvalue weighted by atomic mass is 16.2. The number of nitrogens with zero attached hydrogens (tertiary/aromatic N) is 1. The molecule has 2 atom stereocenters. The van der Waals surface area contributed by atoms with E-state index < -0.39 is 5.41 Å². The first-order chi connectivity index (χ1) is 11.7. The normalized spacial score (nSPS) is 27.3. The number of piperidine rings is 1. The molecule has 2 fully saturated rings. The van der Waals surface area contributed by atoms with Crippen LogP contribution < -0.4 is 10.2 Å². The summed E-state index contributed by atoms with van der Waals surface area (Å²) < 4.78 is 0. The summed E-state index contributed by atoms with van der Waals surface area (Å²) in [6, 6.07) is 6.61. The average Bonchev–Trinajstić information content (AvgIpc) is 2.77. The number of hydrogen-bond donors (Lipinski definition) is 1. The van der Waals surface area contributed by atoms with Gasteiger partial charge >= 0.3 is 0 Å². The molecule has 5 nitrogen and oxygen atoms in total. The summed E-state index contributed by atoms with van der Waals surface area (Å²) in [5, 5.41) is 2.70. The summed E-state index contributed by atoms with van der Waals surface area (Å²) in [4.78, 5) is 39.3. The van der Waals surface area contributed by atoms with Gasteiger partial charge in [-0.3, -0.25) is 14.4 Å². The monoisotopic (exact) mass is 340 g/mol. The van der Waals surface area contributed by atoms with Crippen LogP contribution in [0, 0.1) is 16.7 Å². The zero-order valence-corrected chi connectivity index (χ0v) is 15.0. The van der Waals surface area contributed by atoms with E-state index in [1.807, 2.05) is 20.8 Å². The van der Waals surface area contributed by atoms with Crippen molar-refractivity contribution in [3.05, 3.63) is 42.5 Å². The Morgan fingerprint density at radius 2 is 1.92 bits per heavy atom. The zero-order chi connectivity index (χ0) is 18.4. The molecule has 0 aromatic heterocycles. The van der Waals surface area contributed by atoms with Crippen LogP contribution in [0.3, 0.4) is 0 Å². The second-order valence-electron chi connectivity index (χ2n) is 7.67. The van der Waals surface area contributed by atoms with Crippen molar-refractivity contribution in [3.8, 4) is 0 Å². The molecule has 1 aliphatic carbocycles. The molecule has 1 heterocycles. The first kappa shape index (κ1) is 17.4. The molecule has 1 aliphatic heterocycles. The lowest BCUT2D eigenvalue weighted by Crippen LogP contribution is -2.59. The fraction of sp³-hybridized carbons (Fsp3) is 0.450. The first-order valence-corrected chi connectivity index (χ1v) is 8.61. The van der Waals surface area contributed by atoms with E-state index >= 15 is 0 Å². The van der Waals surface area contributed by atoms with Gasteiger partial charge in [-0.05, 0) is 42.5 Å². The summed E-state index contributed by atoms with van der Waals surface area (Å²) in [5.74, 6) is -0.629. The van der Waals surface area contributed by atoms with Gasteiger partial charge < -0.3 is 5.32 Å². The second kappa shape index (κ2) is 5.83. The van der Waals surface area contributed by atoms with E-state index in [2.05, 4.69) is 11.9 Å². The van der Waals surface area contributed by atoms with Crippen LogP contribution in [0.5, 0.6) is 0 Å². The molecule has 1 saturated carbocycles. The van der Waals surface area contributed by atoms with Crippen molar-refractivity contribution in [2.24, 2.45) is 16.7 Å². The summed E-state index contributed by atoms with van der Waals surface area (Å²) in [6.45, 7) is 9.95. The van der Waals surface area contributed by atoms with Crippen LogP contribution >= 0.6 is 0 Å². The molecular weight excluding hydrogens is 316 g/mol. The fourth-order valence-electron chi connectivity index (χ4n) is 4.09. The van der Waals surface area contributed by atoms with Gasteiger partial charge in [0, 0.05) is 18.0 Å². The van der Waals surface area contributed by atoms with Crippen LogP contribution in [0.1, 0.15) is 44.0 Å². The van der Waals surface area contributed by atoms with Crippen molar-refractivity contribution in [1.29, 1.82) is 0 Å². The Morgan fingerprint density at radius 3 is 2.52 bits per heavy atom. The number of nitrogens with one attached hydrogen (secondary N) is 1. The van der Waals surface area contributed by atoms with Crippen molar-refractivity contribution in [1.82, 2.24) is 5.32 Å². The van der Waals surface area contributed by atoms with Crippen molar-refractivity contribution in [3.63, 3.8) is 0 Å². The fourth-order valence-corrected chi connectivity index (χ4v) is 4.09. The number of anilines is 1. The maximum Gasteiger partial charge on any atom is 0.251 e. The highest BCUT2D eigenvalue weighted by Crippen LogP contribution is 2.60. The maximum absolute atomic E-state index is 13.1. The van der Waals surface area contributed by atoms with Crippen molar-refractivity contribution < 1.29 is 14.4 Å². The third kappa shape index (κ3) is 2.41. The Balaban J connectivity index is 1.90. The standard InChI is InChI=1S/C20H24N2O3/c1-5-12-21-16(23)13-6-8-14(9-7-13)22-17(24)15-10-11-20(4,18(22)25)19(15,2)3/h5-9,15H,1,10-12H2,2-4H3,(H,21,23)/t15-,20+/m1/s1. The number of amides is 3. The largest absolute Gasteiger partial charge is 0.349 e. The number of carbonyl (C=O) groups excluding carboxylic acids is 3. The van der Waals surface area contributed by atoms with Crippen LogP contribution in [0.2, 0.25) is 0 Å². The number of fused-ring (bicyclic) bond motifs is 2. The van der Waals surface area contributed by atoms with Gasteiger partial charge in [-0.2, -0.15) is 0 Å². The second-order valence-corrected chi connectivity index (χ2v) is 7.67. The van der Waals surface area contributed by atoms with Crippen LogP contribution in [-0.4, -0.2) is 24.3 Å². The van der Waals surface area contributed by atoms with E-state index in [1.54, 1.807) is 30.3 Å². The number of carbonyl (C=O) groups is 3. The molecule has 25 heavy (non-hydrogen) atoms. The van der Waals surface area contributed by atoms with E-state index in [9.17, 15) is 14.4 Å². The number of imide groups is 1. The Hall–Kier alpha value is -2.43. The first-order valence-electron chi connectivity index (χ1n) is 8.61. The molecule has 2 aliphatic rings. The quantitative estimate of drug-likeness (QED) is 0.677. The smallest absolute Gasteiger partial charge is 0.251 e. The van der Waals surface area contributed by atoms with Gasteiger partial charge in [0.15, 0.2) is 0 Å². The Labute approximate surface area is 148 Å². The van der Waals surface area contributed by atoms with Gasteiger partial charge in [0.25, 0.3) is 5.91 Å². The third-order valence-corrected chi connectivity index (χ3v) is 6.21. The van der Waals surface area contributed by atoms with E-state index in [0.717, 1.165) is 12.8 Å². The molecule has 1 aromatic rings. The average molecular weight is 340 g/mol. The minimum Gasteiger partial charge on any atom is -0.349 e. The molecular formula is C20H24N2O3. The highest BCUT2D eigenvalue weighted by Gasteiger charge is 2.64. The lowest BCUT2D eigenvalue weighted by molar-refractivity contribution is -0.146. The SMILES string of the molecule is C=CCNC(=O)c1ccc(N2C(=O)[C@H]3CC[C@@](C)(C2=O)C3(C)C)cc1. The van der Waals surface area contributed by atoms with Gasteiger partial charge in [-0.25, -0.2) is 4.90 Å². The maximum atomic E-state index is 13.1. The predicted octanol–water partition coefficient (Wildman–Crippen LogP) is 2.92. The Morgan fingerprint density at radius 1 is 1.28 bits per heavy atom. The van der Waals surface area contributed by atoms with Gasteiger partial charge in [0.05, 0.1) is 11.1 Å². The van der Waals surface area contributed by atoms with E-state index in [0.29, 0.717) is 17.8 Å². The molecule has 2 bridgehead atoms. The van der Waals surface area contributed by atoms with E-state index in [4.69, 9.17) is 0 Å². The van der Waals surface area contributed by atoms with Gasteiger partial charge in [-0.1, -0.05) is 26.8 Å². The number of rotatable bonds is 4. The van der Waals surface area contributed by atoms with Crippen molar-refractivity contribution in [2.75, 3.05) is 11.4 Å². The van der Waals surface area contributed by atoms with Gasteiger partial charge in [0.2, 0.25) is 11.8 Å².